The average molecular weight is 374 g/mol. The molecule has 0 radical (unpaired) electrons. The van der Waals surface area contributed by atoms with E-state index in [-0.39, 0.29) is 11.6 Å². The summed E-state index contributed by atoms with van der Waals surface area (Å²) in [5.41, 5.74) is 3.47. The molecule has 4 rings (SSSR count). The number of likely N-dealkylation sites (tertiary alicyclic amines) is 1. The van der Waals surface area contributed by atoms with Crippen LogP contribution in [0.3, 0.4) is 0 Å². The largest absolute Gasteiger partial charge is 0.393 e. The normalized spacial score (nSPS) is 15.5. The zero-order valence-electron chi connectivity index (χ0n) is 17.0. The number of aliphatic hydroxyl groups is 1. The van der Waals surface area contributed by atoms with Crippen LogP contribution in [0.25, 0.3) is 0 Å². The zero-order valence-corrected chi connectivity index (χ0v) is 17.0. The Kier molecular flexibility index (Phi) is 7.02. The molecule has 0 atom stereocenters. The van der Waals surface area contributed by atoms with Crippen LogP contribution in [0, 0.1) is 0 Å². The predicted molar refractivity (Wildman–Crippen MR) is 117 cm³/mol. The van der Waals surface area contributed by atoms with Gasteiger partial charge in [-0.25, -0.2) is 0 Å². The summed E-state index contributed by atoms with van der Waals surface area (Å²) in [6.45, 7) is 5.75. The van der Waals surface area contributed by atoms with E-state index in [0.717, 1.165) is 25.9 Å². The van der Waals surface area contributed by atoms with Crippen molar-refractivity contribution in [1.29, 1.82) is 0 Å². The van der Waals surface area contributed by atoms with Crippen molar-refractivity contribution in [2.75, 3.05) is 13.1 Å². The van der Waals surface area contributed by atoms with Crippen LogP contribution in [-0.4, -0.2) is 29.2 Å². The van der Waals surface area contributed by atoms with E-state index in [1.807, 2.05) is 13.8 Å². The fourth-order valence-electron chi connectivity index (χ4n) is 4.29. The Morgan fingerprint density at radius 2 is 0.964 bits per heavy atom. The molecular weight excluding hydrogens is 342 g/mol. The minimum absolute atomic E-state index is 0.189. The van der Waals surface area contributed by atoms with Crippen LogP contribution in [0.2, 0.25) is 0 Å². The minimum Gasteiger partial charge on any atom is -0.393 e. The van der Waals surface area contributed by atoms with Gasteiger partial charge in [-0.1, -0.05) is 105 Å². The molecule has 1 N–H and O–H groups in total. The van der Waals surface area contributed by atoms with Crippen molar-refractivity contribution < 1.29 is 5.11 Å². The molecule has 1 aliphatic heterocycles. The highest BCUT2D eigenvalue weighted by atomic mass is 16.3. The maximum Gasteiger partial charge on any atom is 0.0972 e. The fourth-order valence-corrected chi connectivity index (χ4v) is 4.29. The molecule has 3 aromatic rings. The zero-order chi connectivity index (χ0) is 19.8. The van der Waals surface area contributed by atoms with Crippen molar-refractivity contribution in [3.63, 3.8) is 0 Å². The SMILES string of the molecule is CC.OC1CCN(C(c2ccccc2)(c2ccccc2)c2ccccc2)CC1. The minimum atomic E-state index is -0.343. The van der Waals surface area contributed by atoms with E-state index in [1.54, 1.807) is 0 Å². The lowest BCUT2D eigenvalue weighted by molar-refractivity contribution is 0.0450. The number of rotatable bonds is 4. The smallest absolute Gasteiger partial charge is 0.0972 e. The molecular formula is C26H31NO. The van der Waals surface area contributed by atoms with Crippen LogP contribution in [0.1, 0.15) is 43.4 Å². The monoisotopic (exact) mass is 373 g/mol. The molecule has 2 nitrogen and oxygen atoms in total. The molecule has 1 saturated heterocycles. The van der Waals surface area contributed by atoms with Gasteiger partial charge in [0.05, 0.1) is 11.6 Å². The molecule has 3 aromatic carbocycles. The second-order valence-electron chi connectivity index (χ2n) is 7.03. The van der Waals surface area contributed by atoms with Gasteiger partial charge in [-0.15, -0.1) is 0 Å². The lowest BCUT2D eigenvalue weighted by Gasteiger charge is -2.48. The van der Waals surface area contributed by atoms with Gasteiger partial charge in [0.2, 0.25) is 0 Å². The summed E-state index contributed by atoms with van der Waals surface area (Å²) in [5.74, 6) is 0. The van der Waals surface area contributed by atoms with Crippen molar-refractivity contribution in [2.24, 2.45) is 0 Å². The van der Waals surface area contributed by atoms with Gasteiger partial charge >= 0.3 is 0 Å². The summed E-state index contributed by atoms with van der Waals surface area (Å²) in [6, 6.07) is 32.3. The van der Waals surface area contributed by atoms with E-state index in [1.165, 1.54) is 16.7 Å². The quantitative estimate of drug-likeness (QED) is 0.614. The van der Waals surface area contributed by atoms with E-state index in [4.69, 9.17) is 0 Å². The Bertz CT molecular complexity index is 712. The first-order valence-electron chi connectivity index (χ1n) is 10.4. The summed E-state index contributed by atoms with van der Waals surface area (Å²) >= 11 is 0. The van der Waals surface area contributed by atoms with Crippen LogP contribution in [-0.2, 0) is 5.54 Å². The molecule has 0 bridgehead atoms. The number of hydrogen-bond acceptors (Lipinski definition) is 2. The molecule has 0 amide bonds. The molecule has 0 spiro atoms. The first-order chi connectivity index (χ1) is 13.8. The number of nitrogens with zero attached hydrogens (tertiary/aromatic N) is 1. The second-order valence-corrected chi connectivity index (χ2v) is 7.03. The maximum atomic E-state index is 10.1. The average Bonchev–Trinajstić information content (AvgIpc) is 2.79. The number of benzene rings is 3. The number of aliphatic hydroxyl groups excluding tert-OH is 1. The summed E-state index contributed by atoms with van der Waals surface area (Å²) in [5, 5.41) is 10.1. The lowest BCUT2D eigenvalue weighted by Crippen LogP contribution is -2.52. The molecule has 146 valence electrons. The highest BCUT2D eigenvalue weighted by Gasteiger charge is 2.43. The van der Waals surface area contributed by atoms with Crippen molar-refractivity contribution in [3.8, 4) is 0 Å². The van der Waals surface area contributed by atoms with Crippen LogP contribution < -0.4 is 0 Å². The standard InChI is InChI=1S/C24H25NO.C2H6/c26-23-16-18-25(19-17-23)24(20-10-4-1-5-11-20,21-12-6-2-7-13-21)22-14-8-3-9-15-22;1-2/h1-15,23,26H,16-19H2;1-2H3. The van der Waals surface area contributed by atoms with E-state index >= 15 is 0 Å². The van der Waals surface area contributed by atoms with Crippen LogP contribution >= 0.6 is 0 Å². The van der Waals surface area contributed by atoms with Gasteiger partial charge in [-0.05, 0) is 29.5 Å². The number of hydrogen-bond donors (Lipinski definition) is 1. The van der Waals surface area contributed by atoms with Gasteiger partial charge in [0, 0.05) is 13.1 Å². The third kappa shape index (κ3) is 3.89. The molecule has 1 heterocycles. The second kappa shape index (κ2) is 9.68. The van der Waals surface area contributed by atoms with Crippen LogP contribution in [0.15, 0.2) is 91.0 Å². The Labute approximate surface area is 169 Å². The topological polar surface area (TPSA) is 23.5 Å². The maximum absolute atomic E-state index is 10.1. The van der Waals surface area contributed by atoms with Crippen molar-refractivity contribution in [2.45, 2.75) is 38.3 Å². The highest BCUT2D eigenvalue weighted by molar-refractivity contribution is 5.49. The van der Waals surface area contributed by atoms with Gasteiger partial charge in [0.15, 0.2) is 0 Å². The molecule has 0 unspecified atom stereocenters. The summed E-state index contributed by atoms with van der Waals surface area (Å²) in [7, 11) is 0. The number of piperidine rings is 1. The van der Waals surface area contributed by atoms with E-state index in [9.17, 15) is 5.11 Å². The molecule has 1 fully saturated rings. The third-order valence-corrected chi connectivity index (χ3v) is 5.51. The van der Waals surface area contributed by atoms with Crippen molar-refractivity contribution in [3.05, 3.63) is 108 Å². The predicted octanol–water partition coefficient (Wildman–Crippen LogP) is 5.46. The highest BCUT2D eigenvalue weighted by Crippen LogP contribution is 2.43. The third-order valence-electron chi connectivity index (χ3n) is 5.51. The van der Waals surface area contributed by atoms with Gasteiger partial charge in [-0.2, -0.15) is 0 Å². The van der Waals surface area contributed by atoms with Crippen LogP contribution in [0.5, 0.6) is 0 Å². The van der Waals surface area contributed by atoms with Gasteiger partial charge < -0.3 is 5.11 Å². The lowest BCUT2D eigenvalue weighted by atomic mass is 9.74. The molecule has 0 saturated carbocycles. The van der Waals surface area contributed by atoms with Crippen molar-refractivity contribution >= 4 is 0 Å². The molecule has 28 heavy (non-hydrogen) atoms. The van der Waals surface area contributed by atoms with Gasteiger partial charge in [0.1, 0.15) is 0 Å². The Hall–Kier alpha value is -2.42. The molecule has 0 aliphatic carbocycles. The molecule has 2 heteroatoms. The summed E-state index contributed by atoms with van der Waals surface area (Å²) < 4.78 is 0. The Morgan fingerprint density at radius 1 is 0.643 bits per heavy atom. The van der Waals surface area contributed by atoms with E-state index in [2.05, 4.69) is 95.9 Å². The summed E-state index contributed by atoms with van der Waals surface area (Å²) in [6.07, 6.45) is 1.44. The Balaban J connectivity index is 0.00000109. The fraction of sp³-hybridized carbons (Fsp3) is 0.308. The van der Waals surface area contributed by atoms with E-state index in [0.29, 0.717) is 0 Å². The van der Waals surface area contributed by atoms with Gasteiger partial charge in [-0.3, -0.25) is 4.90 Å². The van der Waals surface area contributed by atoms with Gasteiger partial charge in [0.25, 0.3) is 0 Å². The first kappa shape index (κ1) is 20.3. The van der Waals surface area contributed by atoms with Crippen molar-refractivity contribution in [1.82, 2.24) is 4.90 Å². The molecule has 1 aliphatic rings. The molecule has 0 aromatic heterocycles. The first-order valence-corrected chi connectivity index (χ1v) is 10.4. The van der Waals surface area contributed by atoms with Crippen LogP contribution in [0.4, 0.5) is 0 Å². The van der Waals surface area contributed by atoms with E-state index < -0.39 is 0 Å². The summed E-state index contributed by atoms with van der Waals surface area (Å²) in [4.78, 5) is 2.54. The Morgan fingerprint density at radius 3 is 1.29 bits per heavy atom.